The van der Waals surface area contributed by atoms with Crippen molar-refractivity contribution in [2.24, 2.45) is 11.8 Å². The number of hydrogen-bond acceptors (Lipinski definition) is 0. The van der Waals surface area contributed by atoms with Gasteiger partial charge in [0.25, 0.3) is 0 Å². The maximum atomic E-state index is 2.43. The van der Waals surface area contributed by atoms with E-state index in [0.717, 1.165) is 0 Å². The predicted molar refractivity (Wildman–Crippen MR) is 130 cm³/mol. The molecule has 2 aromatic carbocycles. The Morgan fingerprint density at radius 3 is 1.26 bits per heavy atom. The minimum Gasteiger partial charge on any atom is -0.0622 e. The summed E-state index contributed by atoms with van der Waals surface area (Å²) in [6.45, 7) is 0. The van der Waals surface area contributed by atoms with Crippen LogP contribution in [-0.4, -0.2) is 0 Å². The van der Waals surface area contributed by atoms with Crippen LogP contribution in [0.15, 0.2) is 83.0 Å². The van der Waals surface area contributed by atoms with Crippen LogP contribution in [0.1, 0.15) is 88.2 Å². The summed E-state index contributed by atoms with van der Waals surface area (Å²) in [6.07, 6.45) is 16.7. The molecule has 0 saturated heterocycles. The van der Waals surface area contributed by atoms with Crippen molar-refractivity contribution in [3.63, 3.8) is 0 Å². The van der Waals surface area contributed by atoms with Gasteiger partial charge in [-0.2, -0.15) is 0 Å². The predicted octanol–water partition coefficient (Wildman–Crippen LogP) is 8.53. The Labute approximate surface area is 188 Å². The van der Waals surface area contributed by atoms with Gasteiger partial charge in [0.1, 0.15) is 0 Å². The SMILES string of the molecule is c1ccc(C2(c3ccccc3)C3C4=C(CCCCCC4)C4=C(CCCCCC4)C32)cc1. The first kappa shape index (κ1) is 19.6. The Morgan fingerprint density at radius 2 is 0.839 bits per heavy atom. The number of allylic oxidation sites excluding steroid dienone is 4. The van der Waals surface area contributed by atoms with Gasteiger partial charge in [0.2, 0.25) is 0 Å². The van der Waals surface area contributed by atoms with E-state index < -0.39 is 0 Å². The van der Waals surface area contributed by atoms with E-state index in [2.05, 4.69) is 60.7 Å². The second-order valence-electron chi connectivity index (χ2n) is 10.4. The molecule has 6 rings (SSSR count). The summed E-state index contributed by atoms with van der Waals surface area (Å²) >= 11 is 0. The number of hydrogen-bond donors (Lipinski definition) is 0. The van der Waals surface area contributed by atoms with Crippen LogP contribution in [-0.2, 0) is 5.41 Å². The first-order valence-corrected chi connectivity index (χ1v) is 13.0. The fraction of sp³-hybridized carbons (Fsp3) is 0.484. The minimum atomic E-state index is 0.165. The molecule has 0 amide bonds. The molecule has 0 nitrogen and oxygen atoms in total. The van der Waals surface area contributed by atoms with Crippen LogP contribution in [0.5, 0.6) is 0 Å². The third-order valence-electron chi connectivity index (χ3n) is 8.84. The summed E-state index contributed by atoms with van der Waals surface area (Å²) in [5.41, 5.74) is 10.7. The van der Waals surface area contributed by atoms with Crippen LogP contribution in [0, 0.1) is 11.8 Å². The minimum absolute atomic E-state index is 0.165. The number of rotatable bonds is 2. The molecule has 0 radical (unpaired) electrons. The monoisotopic (exact) mass is 408 g/mol. The van der Waals surface area contributed by atoms with E-state index in [1.165, 1.54) is 77.0 Å². The highest BCUT2D eigenvalue weighted by molar-refractivity contribution is 5.63. The lowest BCUT2D eigenvalue weighted by Gasteiger charge is -2.29. The molecule has 0 bridgehead atoms. The largest absolute Gasteiger partial charge is 0.0622 e. The van der Waals surface area contributed by atoms with Gasteiger partial charge in [0.05, 0.1) is 0 Å². The third kappa shape index (κ3) is 3.09. The summed E-state index contributed by atoms with van der Waals surface area (Å²) in [5, 5.41) is 0. The molecule has 31 heavy (non-hydrogen) atoms. The second kappa shape index (κ2) is 8.12. The first-order chi connectivity index (χ1) is 15.4. The number of benzene rings is 2. The van der Waals surface area contributed by atoms with Gasteiger partial charge in [-0.15, -0.1) is 0 Å². The lowest BCUT2D eigenvalue weighted by atomic mass is 9.76. The van der Waals surface area contributed by atoms with Gasteiger partial charge in [-0.25, -0.2) is 0 Å². The van der Waals surface area contributed by atoms with Crippen molar-refractivity contribution in [3.8, 4) is 0 Å². The Morgan fingerprint density at radius 1 is 0.452 bits per heavy atom. The Kier molecular flexibility index (Phi) is 5.13. The first-order valence-electron chi connectivity index (χ1n) is 13.0. The molecule has 1 fully saturated rings. The van der Waals surface area contributed by atoms with E-state index in [9.17, 15) is 0 Å². The van der Waals surface area contributed by atoms with Crippen LogP contribution in [0.2, 0.25) is 0 Å². The second-order valence-corrected chi connectivity index (χ2v) is 10.4. The Bertz CT molecular complexity index is 907. The average molecular weight is 409 g/mol. The van der Waals surface area contributed by atoms with E-state index in [1.54, 1.807) is 11.1 Å². The summed E-state index contributed by atoms with van der Waals surface area (Å²) in [4.78, 5) is 0. The molecule has 0 heteroatoms. The van der Waals surface area contributed by atoms with E-state index in [1.807, 2.05) is 22.3 Å². The lowest BCUT2D eigenvalue weighted by Crippen LogP contribution is -2.15. The van der Waals surface area contributed by atoms with Crippen molar-refractivity contribution >= 4 is 0 Å². The van der Waals surface area contributed by atoms with Crippen molar-refractivity contribution in [2.45, 2.75) is 82.5 Å². The van der Waals surface area contributed by atoms with Crippen LogP contribution >= 0.6 is 0 Å². The van der Waals surface area contributed by atoms with E-state index in [0.29, 0.717) is 11.8 Å². The molecule has 2 unspecified atom stereocenters. The normalized spacial score (nSPS) is 27.7. The van der Waals surface area contributed by atoms with Gasteiger partial charge < -0.3 is 0 Å². The summed E-state index contributed by atoms with van der Waals surface area (Å²) in [6, 6.07) is 23.2. The fourth-order valence-electron chi connectivity index (χ4n) is 7.59. The van der Waals surface area contributed by atoms with Crippen molar-refractivity contribution in [2.75, 3.05) is 0 Å². The van der Waals surface area contributed by atoms with Gasteiger partial charge in [-0.05, 0) is 73.6 Å². The topological polar surface area (TPSA) is 0 Å². The van der Waals surface area contributed by atoms with Gasteiger partial charge in [0.15, 0.2) is 0 Å². The highest BCUT2D eigenvalue weighted by atomic mass is 14.7. The summed E-state index contributed by atoms with van der Waals surface area (Å²) < 4.78 is 0. The van der Waals surface area contributed by atoms with E-state index in [-0.39, 0.29) is 5.41 Å². The van der Waals surface area contributed by atoms with Crippen LogP contribution in [0.3, 0.4) is 0 Å². The zero-order chi connectivity index (χ0) is 20.7. The van der Waals surface area contributed by atoms with Crippen LogP contribution in [0.25, 0.3) is 0 Å². The van der Waals surface area contributed by atoms with Crippen molar-refractivity contribution in [1.82, 2.24) is 0 Å². The maximum absolute atomic E-state index is 2.43. The van der Waals surface area contributed by atoms with Crippen LogP contribution < -0.4 is 0 Å². The molecule has 0 heterocycles. The molecule has 4 aliphatic carbocycles. The van der Waals surface area contributed by atoms with E-state index in [4.69, 9.17) is 0 Å². The average Bonchev–Trinajstić information content (AvgIpc) is 3.46. The molecule has 160 valence electrons. The van der Waals surface area contributed by atoms with Gasteiger partial charge in [0, 0.05) is 17.3 Å². The van der Waals surface area contributed by atoms with Gasteiger partial charge in [-0.3, -0.25) is 0 Å². The van der Waals surface area contributed by atoms with Crippen molar-refractivity contribution < 1.29 is 0 Å². The zero-order valence-electron chi connectivity index (χ0n) is 18.9. The lowest BCUT2D eigenvalue weighted by molar-refractivity contribution is 0.552. The molecule has 0 aliphatic heterocycles. The summed E-state index contributed by atoms with van der Waals surface area (Å²) in [5.74, 6) is 1.40. The summed E-state index contributed by atoms with van der Waals surface area (Å²) in [7, 11) is 0. The maximum Gasteiger partial charge on any atom is 0.0346 e. The quantitative estimate of drug-likeness (QED) is 0.467. The van der Waals surface area contributed by atoms with Crippen molar-refractivity contribution in [3.05, 3.63) is 94.1 Å². The third-order valence-corrected chi connectivity index (χ3v) is 8.84. The molecule has 2 atom stereocenters. The zero-order valence-corrected chi connectivity index (χ0v) is 18.9. The highest BCUT2D eigenvalue weighted by Crippen LogP contribution is 2.73. The van der Waals surface area contributed by atoms with Gasteiger partial charge >= 0.3 is 0 Å². The van der Waals surface area contributed by atoms with E-state index >= 15 is 0 Å². The molecule has 4 aliphatic rings. The molecule has 1 saturated carbocycles. The molecule has 0 spiro atoms. The molecular weight excluding hydrogens is 372 g/mol. The molecule has 2 aromatic rings. The Hall–Kier alpha value is -2.08. The standard InChI is InChI=1S/C31H36/c1-3-13-21-27-25(19-11-1)26-20-12-2-4-14-22-28(26)30-29(27)31(30,23-15-7-5-8-16-23)24-17-9-6-10-18-24/h5-10,15-18,29-30H,1-4,11-14,19-22H2. The van der Waals surface area contributed by atoms with Crippen molar-refractivity contribution in [1.29, 1.82) is 0 Å². The van der Waals surface area contributed by atoms with Gasteiger partial charge in [-0.1, -0.05) is 97.5 Å². The fourth-order valence-corrected chi connectivity index (χ4v) is 7.59. The smallest absolute Gasteiger partial charge is 0.0346 e. The highest BCUT2D eigenvalue weighted by Gasteiger charge is 2.69. The number of fused-ring (bicyclic) bond motifs is 4. The molecular formula is C31H36. The Balaban J connectivity index is 1.59. The van der Waals surface area contributed by atoms with Crippen LogP contribution in [0.4, 0.5) is 0 Å². The molecule has 0 aromatic heterocycles. The molecule has 0 N–H and O–H groups in total.